The van der Waals surface area contributed by atoms with Gasteiger partial charge in [-0.1, -0.05) is 11.6 Å². The molecule has 2 aromatic rings. The Hall–Kier alpha value is -2.41. The summed E-state index contributed by atoms with van der Waals surface area (Å²) in [6.07, 6.45) is 3.59. The second-order valence-corrected chi connectivity index (χ2v) is 7.32. The van der Waals surface area contributed by atoms with Gasteiger partial charge in [-0.25, -0.2) is 9.78 Å². The largest absolute Gasteiger partial charge is 0.491 e. The summed E-state index contributed by atoms with van der Waals surface area (Å²) in [5, 5.41) is 0.395. The maximum atomic E-state index is 11.9. The third-order valence-corrected chi connectivity index (χ3v) is 3.61. The number of carbonyl (C=O) groups excluding carboxylic acids is 1. The molecular weight excluding hydrogens is 356 g/mol. The first-order valence-electron chi connectivity index (χ1n) is 8.32. The van der Waals surface area contributed by atoms with E-state index in [1.54, 1.807) is 36.3 Å². The monoisotopic (exact) mass is 380 g/mol. The van der Waals surface area contributed by atoms with E-state index in [-0.39, 0.29) is 6.09 Å². The molecule has 0 bridgehead atoms. The molecule has 1 heterocycles. The van der Waals surface area contributed by atoms with Crippen molar-refractivity contribution in [2.24, 2.45) is 0 Å². The summed E-state index contributed by atoms with van der Waals surface area (Å²) in [4.78, 5) is 17.5. The molecule has 7 nitrogen and oxygen atoms in total. The molecule has 0 aliphatic heterocycles. The van der Waals surface area contributed by atoms with E-state index in [4.69, 9.17) is 26.8 Å². The van der Waals surface area contributed by atoms with E-state index in [1.165, 1.54) is 4.90 Å². The Bertz CT molecular complexity index is 755. The molecule has 0 aliphatic carbocycles. The van der Waals surface area contributed by atoms with Crippen LogP contribution in [-0.2, 0) is 4.74 Å². The molecule has 0 fully saturated rings. The van der Waals surface area contributed by atoms with Crippen molar-refractivity contribution in [3.63, 3.8) is 0 Å². The average molecular weight is 381 g/mol. The Kier molecular flexibility index (Phi) is 6.37. The average Bonchev–Trinajstić information content (AvgIpc) is 2.96. The van der Waals surface area contributed by atoms with Gasteiger partial charge in [0.1, 0.15) is 22.8 Å². The van der Waals surface area contributed by atoms with Crippen LogP contribution in [0.1, 0.15) is 27.2 Å². The molecule has 0 aliphatic rings. The number of rotatable bonds is 6. The van der Waals surface area contributed by atoms with Gasteiger partial charge in [-0.2, -0.15) is 0 Å². The Balaban J connectivity index is 1.92. The molecule has 0 saturated heterocycles. The number of nitrogen functional groups attached to an aromatic ring is 1. The molecule has 2 rings (SSSR count). The van der Waals surface area contributed by atoms with Crippen molar-refractivity contribution < 1.29 is 14.3 Å². The Morgan fingerprint density at radius 3 is 2.73 bits per heavy atom. The molecule has 1 aromatic carbocycles. The van der Waals surface area contributed by atoms with Crippen molar-refractivity contribution in [1.29, 1.82) is 0 Å². The molecule has 0 radical (unpaired) electrons. The SMILES string of the molecule is CN(CCCOc1cc(N)ccc1-n1cnc(Cl)c1)C(=O)OC(C)(C)C. The van der Waals surface area contributed by atoms with Crippen LogP contribution in [0.4, 0.5) is 10.5 Å². The molecule has 142 valence electrons. The lowest BCUT2D eigenvalue weighted by Crippen LogP contribution is -2.35. The third kappa shape index (κ3) is 5.84. The minimum atomic E-state index is -0.510. The Labute approximate surface area is 158 Å². The highest BCUT2D eigenvalue weighted by molar-refractivity contribution is 6.29. The van der Waals surface area contributed by atoms with E-state index in [2.05, 4.69) is 4.98 Å². The van der Waals surface area contributed by atoms with Crippen LogP contribution in [0.25, 0.3) is 5.69 Å². The molecule has 26 heavy (non-hydrogen) atoms. The Morgan fingerprint density at radius 1 is 1.38 bits per heavy atom. The molecule has 1 aromatic heterocycles. The standard InChI is InChI=1S/C18H25ClN4O3/c1-18(2,3)26-17(24)22(4)8-5-9-25-15-10-13(20)6-7-14(15)23-11-16(19)21-12-23/h6-7,10-12H,5,8-9,20H2,1-4H3. The van der Waals surface area contributed by atoms with E-state index in [0.717, 1.165) is 5.69 Å². The highest BCUT2D eigenvalue weighted by Gasteiger charge is 2.19. The van der Waals surface area contributed by atoms with Crippen LogP contribution in [0, 0.1) is 0 Å². The molecule has 0 saturated carbocycles. The van der Waals surface area contributed by atoms with Gasteiger partial charge in [-0.15, -0.1) is 0 Å². The molecular formula is C18H25ClN4O3. The summed E-state index contributed by atoms with van der Waals surface area (Å²) in [7, 11) is 1.70. The number of halogens is 1. The first kappa shape index (κ1) is 19.9. The third-order valence-electron chi connectivity index (χ3n) is 3.41. The van der Waals surface area contributed by atoms with Gasteiger partial charge in [0.25, 0.3) is 0 Å². The van der Waals surface area contributed by atoms with E-state index >= 15 is 0 Å². The number of nitrogens with two attached hydrogens (primary N) is 1. The van der Waals surface area contributed by atoms with Crippen molar-refractivity contribution in [2.75, 3.05) is 25.9 Å². The molecule has 8 heteroatoms. The van der Waals surface area contributed by atoms with Crippen LogP contribution in [0.2, 0.25) is 5.15 Å². The fraction of sp³-hybridized carbons (Fsp3) is 0.444. The minimum absolute atomic E-state index is 0.352. The normalized spacial score (nSPS) is 11.3. The highest BCUT2D eigenvalue weighted by Crippen LogP contribution is 2.26. The van der Waals surface area contributed by atoms with E-state index < -0.39 is 5.60 Å². The molecule has 0 unspecified atom stereocenters. The molecule has 1 amide bonds. The van der Waals surface area contributed by atoms with Crippen molar-refractivity contribution >= 4 is 23.4 Å². The lowest BCUT2D eigenvalue weighted by Gasteiger charge is -2.24. The summed E-state index contributed by atoms with van der Waals surface area (Å²) in [6, 6.07) is 5.38. The van der Waals surface area contributed by atoms with E-state index in [0.29, 0.717) is 36.2 Å². The number of ether oxygens (including phenoxy) is 2. The van der Waals surface area contributed by atoms with Crippen LogP contribution in [0.15, 0.2) is 30.7 Å². The van der Waals surface area contributed by atoms with Crippen molar-refractivity contribution in [3.8, 4) is 11.4 Å². The number of amides is 1. The second kappa shape index (κ2) is 8.31. The lowest BCUT2D eigenvalue weighted by molar-refractivity contribution is 0.0292. The number of anilines is 1. The first-order chi connectivity index (χ1) is 12.2. The van der Waals surface area contributed by atoms with Gasteiger partial charge >= 0.3 is 6.09 Å². The van der Waals surface area contributed by atoms with E-state index in [1.807, 2.05) is 26.8 Å². The summed E-state index contributed by atoms with van der Waals surface area (Å²) >= 11 is 5.88. The summed E-state index contributed by atoms with van der Waals surface area (Å²) < 4.78 is 12.9. The van der Waals surface area contributed by atoms with Crippen LogP contribution in [0.5, 0.6) is 5.75 Å². The smallest absolute Gasteiger partial charge is 0.410 e. The van der Waals surface area contributed by atoms with E-state index in [9.17, 15) is 4.79 Å². The Morgan fingerprint density at radius 2 is 2.12 bits per heavy atom. The van der Waals surface area contributed by atoms with Gasteiger partial charge in [0.2, 0.25) is 0 Å². The predicted octanol–water partition coefficient (Wildman–Crippen LogP) is 3.74. The quantitative estimate of drug-likeness (QED) is 0.609. The fourth-order valence-corrected chi connectivity index (χ4v) is 2.35. The van der Waals surface area contributed by atoms with Gasteiger partial charge < -0.3 is 24.7 Å². The summed E-state index contributed by atoms with van der Waals surface area (Å²) in [6.45, 7) is 6.46. The lowest BCUT2D eigenvalue weighted by atomic mass is 10.2. The van der Waals surface area contributed by atoms with Gasteiger partial charge in [0, 0.05) is 31.5 Å². The summed E-state index contributed by atoms with van der Waals surface area (Å²) in [5.74, 6) is 0.624. The van der Waals surface area contributed by atoms with Gasteiger partial charge in [0.05, 0.1) is 12.3 Å². The number of hydrogen-bond acceptors (Lipinski definition) is 5. The zero-order chi connectivity index (χ0) is 19.3. The van der Waals surface area contributed by atoms with Crippen LogP contribution < -0.4 is 10.5 Å². The minimum Gasteiger partial charge on any atom is -0.491 e. The van der Waals surface area contributed by atoms with Gasteiger partial charge in [-0.3, -0.25) is 0 Å². The zero-order valence-corrected chi connectivity index (χ0v) is 16.3. The van der Waals surface area contributed by atoms with Crippen molar-refractivity contribution in [1.82, 2.24) is 14.5 Å². The van der Waals surface area contributed by atoms with Crippen molar-refractivity contribution in [3.05, 3.63) is 35.9 Å². The summed E-state index contributed by atoms with van der Waals surface area (Å²) in [5.41, 5.74) is 6.74. The predicted molar refractivity (Wildman–Crippen MR) is 102 cm³/mol. The maximum absolute atomic E-state index is 11.9. The highest BCUT2D eigenvalue weighted by atomic mass is 35.5. The maximum Gasteiger partial charge on any atom is 0.410 e. The number of nitrogens with zero attached hydrogens (tertiary/aromatic N) is 3. The number of hydrogen-bond donors (Lipinski definition) is 1. The van der Waals surface area contributed by atoms with Gasteiger partial charge in [0.15, 0.2) is 0 Å². The molecule has 0 atom stereocenters. The molecule has 0 spiro atoms. The fourth-order valence-electron chi connectivity index (χ4n) is 2.21. The second-order valence-electron chi connectivity index (χ2n) is 6.93. The molecule has 2 N–H and O–H groups in total. The first-order valence-corrected chi connectivity index (χ1v) is 8.70. The number of carbonyl (C=O) groups is 1. The van der Waals surface area contributed by atoms with Gasteiger partial charge in [-0.05, 0) is 39.3 Å². The van der Waals surface area contributed by atoms with Crippen LogP contribution in [0.3, 0.4) is 0 Å². The van der Waals surface area contributed by atoms with Crippen molar-refractivity contribution in [2.45, 2.75) is 32.8 Å². The number of aromatic nitrogens is 2. The number of benzene rings is 1. The van der Waals surface area contributed by atoms with Crippen LogP contribution in [-0.4, -0.2) is 46.3 Å². The zero-order valence-electron chi connectivity index (χ0n) is 15.5. The topological polar surface area (TPSA) is 82.6 Å². The number of imidazole rings is 1. The van der Waals surface area contributed by atoms with Crippen LogP contribution >= 0.6 is 11.6 Å².